The van der Waals surface area contributed by atoms with Gasteiger partial charge in [-0.05, 0) is 36.8 Å². The van der Waals surface area contributed by atoms with Crippen molar-refractivity contribution >= 4 is 5.97 Å². The van der Waals surface area contributed by atoms with E-state index < -0.39 is 17.7 Å². The summed E-state index contributed by atoms with van der Waals surface area (Å²) in [4.78, 5) is 14.9. The molecule has 0 amide bonds. The van der Waals surface area contributed by atoms with Crippen LogP contribution >= 0.6 is 0 Å². The van der Waals surface area contributed by atoms with Crippen molar-refractivity contribution in [3.05, 3.63) is 53.2 Å². The highest BCUT2D eigenvalue weighted by Gasteiger charge is 2.30. The van der Waals surface area contributed by atoms with Crippen molar-refractivity contribution in [1.82, 2.24) is 4.98 Å². The molecule has 0 unspecified atom stereocenters. The number of hydrogen-bond donors (Lipinski definition) is 1. The molecule has 7 heteroatoms. The number of benzene rings is 1. The van der Waals surface area contributed by atoms with Crippen LogP contribution in [0.5, 0.6) is 11.6 Å². The largest absolute Gasteiger partial charge is 0.477 e. The van der Waals surface area contributed by atoms with E-state index in [1.807, 2.05) is 0 Å². The Labute approximate surface area is 117 Å². The van der Waals surface area contributed by atoms with E-state index in [2.05, 4.69) is 4.98 Å². The first-order valence-corrected chi connectivity index (χ1v) is 5.83. The lowest BCUT2D eigenvalue weighted by atomic mass is 10.1. The van der Waals surface area contributed by atoms with Gasteiger partial charge in [0.25, 0.3) is 0 Å². The minimum absolute atomic E-state index is 0.134. The predicted octanol–water partition coefficient (Wildman–Crippen LogP) is 3.90. The highest BCUT2D eigenvalue weighted by molar-refractivity contribution is 5.91. The third-order valence-corrected chi connectivity index (χ3v) is 2.71. The number of carbonyl (C=O) groups is 1. The second-order valence-electron chi connectivity index (χ2n) is 4.24. The van der Waals surface area contributed by atoms with Crippen molar-refractivity contribution in [2.75, 3.05) is 0 Å². The number of aromatic nitrogens is 1. The number of halogens is 3. The Kier molecular flexibility index (Phi) is 3.84. The van der Waals surface area contributed by atoms with Crippen LogP contribution in [0.1, 0.15) is 21.5 Å². The van der Waals surface area contributed by atoms with Gasteiger partial charge in [0.15, 0.2) is 0 Å². The maximum absolute atomic E-state index is 12.6. The van der Waals surface area contributed by atoms with Gasteiger partial charge in [-0.2, -0.15) is 13.2 Å². The van der Waals surface area contributed by atoms with E-state index in [0.717, 1.165) is 12.1 Å². The van der Waals surface area contributed by atoms with Gasteiger partial charge in [0.1, 0.15) is 11.3 Å². The van der Waals surface area contributed by atoms with Gasteiger partial charge in [0.2, 0.25) is 5.88 Å². The molecule has 1 aromatic heterocycles. The number of ether oxygens (including phenoxy) is 1. The Morgan fingerprint density at radius 1 is 1.29 bits per heavy atom. The summed E-state index contributed by atoms with van der Waals surface area (Å²) in [6.07, 6.45) is -3.18. The van der Waals surface area contributed by atoms with Crippen LogP contribution < -0.4 is 4.74 Å². The second kappa shape index (κ2) is 5.43. The molecule has 0 fully saturated rings. The molecule has 0 aliphatic carbocycles. The zero-order valence-corrected chi connectivity index (χ0v) is 10.8. The zero-order chi connectivity index (χ0) is 15.6. The standard InChI is InChI=1S/C14H10F3NO3/c1-8-5-6-18-12(11(8)13(19)20)21-10-4-2-3-9(7-10)14(15,16)17/h2-7H,1H3,(H,19,20). The van der Waals surface area contributed by atoms with Crippen LogP contribution in [-0.2, 0) is 6.18 Å². The lowest BCUT2D eigenvalue weighted by Gasteiger charge is -2.11. The number of carboxylic acids is 1. The molecule has 110 valence electrons. The first kappa shape index (κ1) is 14.8. The highest BCUT2D eigenvalue weighted by Crippen LogP contribution is 2.33. The average molecular weight is 297 g/mol. The molecule has 1 aromatic carbocycles. The molecule has 1 heterocycles. The van der Waals surface area contributed by atoms with E-state index in [0.29, 0.717) is 5.56 Å². The van der Waals surface area contributed by atoms with Gasteiger partial charge in [-0.15, -0.1) is 0 Å². The molecule has 21 heavy (non-hydrogen) atoms. The number of aromatic carboxylic acids is 1. The van der Waals surface area contributed by atoms with E-state index in [1.165, 1.54) is 24.4 Å². The topological polar surface area (TPSA) is 59.4 Å². The van der Waals surface area contributed by atoms with Crippen LogP contribution in [0.3, 0.4) is 0 Å². The quantitative estimate of drug-likeness (QED) is 0.933. The lowest BCUT2D eigenvalue weighted by molar-refractivity contribution is -0.137. The van der Waals surface area contributed by atoms with E-state index in [-0.39, 0.29) is 17.2 Å². The summed E-state index contributed by atoms with van der Waals surface area (Å²) in [6.45, 7) is 1.55. The van der Waals surface area contributed by atoms with Crippen molar-refractivity contribution in [1.29, 1.82) is 0 Å². The maximum atomic E-state index is 12.6. The fraction of sp³-hybridized carbons (Fsp3) is 0.143. The van der Waals surface area contributed by atoms with Crippen LogP contribution in [0.2, 0.25) is 0 Å². The van der Waals surface area contributed by atoms with E-state index >= 15 is 0 Å². The molecule has 2 aromatic rings. The average Bonchev–Trinajstić information content (AvgIpc) is 2.37. The molecule has 0 aliphatic heterocycles. The fourth-order valence-corrected chi connectivity index (χ4v) is 1.72. The molecule has 0 spiro atoms. The third-order valence-electron chi connectivity index (χ3n) is 2.71. The minimum Gasteiger partial charge on any atom is -0.477 e. The number of aryl methyl sites for hydroxylation is 1. The maximum Gasteiger partial charge on any atom is 0.416 e. The van der Waals surface area contributed by atoms with Crippen molar-refractivity contribution in [3.8, 4) is 11.6 Å². The van der Waals surface area contributed by atoms with Gasteiger partial charge >= 0.3 is 12.1 Å². The van der Waals surface area contributed by atoms with Gasteiger partial charge < -0.3 is 9.84 Å². The third kappa shape index (κ3) is 3.31. The molecule has 0 saturated heterocycles. The molecule has 4 nitrogen and oxygen atoms in total. The van der Waals surface area contributed by atoms with Gasteiger partial charge in [-0.3, -0.25) is 0 Å². The summed E-state index contributed by atoms with van der Waals surface area (Å²) < 4.78 is 43.0. The van der Waals surface area contributed by atoms with Crippen LogP contribution in [0.25, 0.3) is 0 Å². The molecule has 0 bridgehead atoms. The first-order valence-electron chi connectivity index (χ1n) is 5.83. The summed E-state index contributed by atoms with van der Waals surface area (Å²) >= 11 is 0. The summed E-state index contributed by atoms with van der Waals surface area (Å²) in [7, 11) is 0. The summed E-state index contributed by atoms with van der Waals surface area (Å²) in [5, 5.41) is 9.11. The van der Waals surface area contributed by atoms with E-state index in [4.69, 9.17) is 9.84 Å². The van der Waals surface area contributed by atoms with E-state index in [9.17, 15) is 18.0 Å². The van der Waals surface area contributed by atoms with Crippen LogP contribution in [0.15, 0.2) is 36.5 Å². The Bertz CT molecular complexity index is 683. The number of carboxylic acid groups (broad SMARTS) is 1. The fourth-order valence-electron chi connectivity index (χ4n) is 1.72. The molecule has 1 N–H and O–H groups in total. The van der Waals surface area contributed by atoms with Crippen molar-refractivity contribution in [2.45, 2.75) is 13.1 Å². The van der Waals surface area contributed by atoms with Gasteiger partial charge in [0.05, 0.1) is 5.56 Å². The summed E-state index contributed by atoms with van der Waals surface area (Å²) in [6, 6.07) is 5.63. The molecule has 2 rings (SSSR count). The van der Waals surface area contributed by atoms with Crippen molar-refractivity contribution in [2.24, 2.45) is 0 Å². The van der Waals surface area contributed by atoms with Crippen LogP contribution in [-0.4, -0.2) is 16.1 Å². The van der Waals surface area contributed by atoms with Gasteiger partial charge in [0, 0.05) is 6.20 Å². The Morgan fingerprint density at radius 3 is 2.62 bits per heavy atom. The van der Waals surface area contributed by atoms with Gasteiger partial charge in [-0.1, -0.05) is 6.07 Å². The van der Waals surface area contributed by atoms with Crippen LogP contribution in [0.4, 0.5) is 13.2 Å². The Balaban J connectivity index is 2.40. The SMILES string of the molecule is Cc1ccnc(Oc2cccc(C(F)(F)F)c2)c1C(=O)O. The monoisotopic (exact) mass is 297 g/mol. The number of alkyl halides is 3. The number of hydrogen-bond acceptors (Lipinski definition) is 3. The second-order valence-corrected chi connectivity index (χ2v) is 4.24. The molecular weight excluding hydrogens is 287 g/mol. The first-order chi connectivity index (χ1) is 9.79. The lowest BCUT2D eigenvalue weighted by Crippen LogP contribution is -2.06. The Morgan fingerprint density at radius 2 is 2.00 bits per heavy atom. The molecule has 0 saturated carbocycles. The molecule has 0 aliphatic rings. The Hall–Kier alpha value is -2.57. The summed E-state index contributed by atoms with van der Waals surface area (Å²) in [5.74, 6) is -1.64. The molecule has 0 radical (unpaired) electrons. The number of pyridine rings is 1. The van der Waals surface area contributed by atoms with Crippen molar-refractivity contribution < 1.29 is 27.8 Å². The van der Waals surface area contributed by atoms with Crippen molar-refractivity contribution in [3.63, 3.8) is 0 Å². The summed E-state index contributed by atoms with van der Waals surface area (Å²) in [5.41, 5.74) is -0.668. The zero-order valence-electron chi connectivity index (χ0n) is 10.8. The highest BCUT2D eigenvalue weighted by atomic mass is 19.4. The molecule has 0 atom stereocenters. The number of rotatable bonds is 3. The van der Waals surface area contributed by atoms with Crippen LogP contribution in [0, 0.1) is 6.92 Å². The molecular formula is C14H10F3NO3. The predicted molar refractivity (Wildman–Crippen MR) is 67.5 cm³/mol. The van der Waals surface area contributed by atoms with Gasteiger partial charge in [-0.25, -0.2) is 9.78 Å². The minimum atomic E-state index is -4.50. The van der Waals surface area contributed by atoms with E-state index in [1.54, 1.807) is 6.92 Å². The normalized spacial score (nSPS) is 11.2. The number of nitrogens with zero attached hydrogens (tertiary/aromatic N) is 1. The smallest absolute Gasteiger partial charge is 0.416 e.